The summed E-state index contributed by atoms with van der Waals surface area (Å²) >= 11 is 0. The van der Waals surface area contributed by atoms with Crippen LogP contribution in [0, 0.1) is 12.8 Å². The van der Waals surface area contributed by atoms with Crippen molar-refractivity contribution in [3.63, 3.8) is 0 Å². The Morgan fingerprint density at radius 1 is 1.26 bits per heavy atom. The van der Waals surface area contributed by atoms with E-state index >= 15 is 0 Å². The number of anilines is 1. The molecule has 0 saturated heterocycles. The number of carbonyl (C=O) groups is 2. The molecule has 2 aliphatic carbocycles. The van der Waals surface area contributed by atoms with Gasteiger partial charge >= 0.3 is 0 Å². The fraction of sp³-hybridized carbons (Fsp3) is 0.391. The maximum Gasteiger partial charge on any atom is 0.259 e. The summed E-state index contributed by atoms with van der Waals surface area (Å²) in [6.45, 7) is 3.47. The molecular weight excluding hydrogens is 392 g/mol. The molecule has 3 N–H and O–H groups in total. The van der Waals surface area contributed by atoms with Crippen LogP contribution in [-0.2, 0) is 6.54 Å². The quantitative estimate of drug-likeness (QED) is 0.665. The van der Waals surface area contributed by atoms with Crippen LogP contribution >= 0.6 is 0 Å². The zero-order valence-corrected chi connectivity index (χ0v) is 17.4. The first-order valence-corrected chi connectivity index (χ1v) is 10.9. The molecule has 8 nitrogen and oxygen atoms in total. The lowest BCUT2D eigenvalue weighted by Crippen LogP contribution is -2.26. The van der Waals surface area contributed by atoms with Gasteiger partial charge < -0.3 is 16.0 Å². The summed E-state index contributed by atoms with van der Waals surface area (Å²) < 4.78 is 1.54. The van der Waals surface area contributed by atoms with Crippen molar-refractivity contribution >= 4 is 23.3 Å². The maximum atomic E-state index is 12.9. The van der Waals surface area contributed by atoms with Crippen molar-refractivity contribution in [1.29, 1.82) is 0 Å². The molecular formula is C23H24N6O2. The SMILES string of the molecule is Cc1cc(-c2ccn3nc(N)c(C(=O)NC4CC4)c3n2)cc2c1C(=O)N(CC1CC1)C2. The molecule has 0 radical (unpaired) electrons. The highest BCUT2D eigenvalue weighted by Crippen LogP contribution is 2.35. The summed E-state index contributed by atoms with van der Waals surface area (Å²) in [5.74, 6) is 0.743. The summed E-state index contributed by atoms with van der Waals surface area (Å²) in [7, 11) is 0. The van der Waals surface area contributed by atoms with Crippen LogP contribution in [0.15, 0.2) is 24.4 Å². The first kappa shape index (κ1) is 18.4. The van der Waals surface area contributed by atoms with Gasteiger partial charge in [0.1, 0.15) is 5.56 Å². The van der Waals surface area contributed by atoms with Gasteiger partial charge in [-0.05, 0) is 67.9 Å². The second kappa shape index (κ2) is 6.54. The number of nitrogens with zero attached hydrogens (tertiary/aromatic N) is 4. The number of nitrogen functional groups attached to an aromatic ring is 1. The fourth-order valence-corrected chi connectivity index (χ4v) is 4.44. The standard InChI is InChI=1S/C23H24N6O2/c1-12-8-14(9-15-11-28(10-13-2-3-13)23(31)18(12)15)17-6-7-29-21(26-17)19(20(24)27-29)22(30)25-16-4-5-16/h6-9,13,16H,2-5,10-11H2,1H3,(H2,24,27)(H,25,30). The van der Waals surface area contributed by atoms with Crippen LogP contribution < -0.4 is 11.1 Å². The van der Waals surface area contributed by atoms with Crippen molar-refractivity contribution in [2.45, 2.75) is 45.2 Å². The molecule has 1 aromatic carbocycles. The van der Waals surface area contributed by atoms with Crippen molar-refractivity contribution in [2.24, 2.45) is 5.92 Å². The Labute approximate surface area is 179 Å². The minimum absolute atomic E-state index is 0.136. The third-order valence-corrected chi connectivity index (χ3v) is 6.40. The molecule has 3 aliphatic rings. The fourth-order valence-electron chi connectivity index (χ4n) is 4.44. The normalized spacial score (nSPS) is 18.0. The lowest BCUT2D eigenvalue weighted by Gasteiger charge is -2.14. The molecule has 0 spiro atoms. The van der Waals surface area contributed by atoms with Gasteiger partial charge in [0.05, 0.1) is 5.69 Å². The molecule has 2 aromatic heterocycles. The van der Waals surface area contributed by atoms with Crippen molar-refractivity contribution < 1.29 is 9.59 Å². The number of aryl methyl sites for hydroxylation is 1. The lowest BCUT2D eigenvalue weighted by atomic mass is 9.98. The van der Waals surface area contributed by atoms with Gasteiger partial charge in [0.2, 0.25) is 0 Å². The molecule has 0 atom stereocenters. The number of nitrogens with two attached hydrogens (primary N) is 1. The van der Waals surface area contributed by atoms with Crippen LogP contribution in [0.1, 0.15) is 57.5 Å². The van der Waals surface area contributed by atoms with Gasteiger partial charge in [0.25, 0.3) is 11.8 Å². The van der Waals surface area contributed by atoms with Gasteiger partial charge in [-0.2, -0.15) is 0 Å². The van der Waals surface area contributed by atoms with Gasteiger partial charge in [0.15, 0.2) is 11.5 Å². The second-order valence-electron chi connectivity index (χ2n) is 9.05. The van der Waals surface area contributed by atoms with Crippen molar-refractivity contribution in [3.05, 3.63) is 46.6 Å². The Kier molecular flexibility index (Phi) is 3.87. The van der Waals surface area contributed by atoms with E-state index in [4.69, 9.17) is 10.7 Å². The number of amides is 2. The molecule has 31 heavy (non-hydrogen) atoms. The van der Waals surface area contributed by atoms with E-state index in [1.165, 1.54) is 12.8 Å². The molecule has 2 amide bonds. The van der Waals surface area contributed by atoms with E-state index in [-0.39, 0.29) is 23.7 Å². The first-order valence-electron chi connectivity index (χ1n) is 10.9. The minimum Gasteiger partial charge on any atom is -0.381 e. The Balaban J connectivity index is 1.38. The lowest BCUT2D eigenvalue weighted by molar-refractivity contribution is 0.0770. The topological polar surface area (TPSA) is 106 Å². The first-order chi connectivity index (χ1) is 15.0. The third kappa shape index (κ3) is 3.13. The van der Waals surface area contributed by atoms with Crippen molar-refractivity contribution in [1.82, 2.24) is 24.8 Å². The van der Waals surface area contributed by atoms with Gasteiger partial charge in [-0.3, -0.25) is 9.59 Å². The van der Waals surface area contributed by atoms with Crippen molar-refractivity contribution in [2.75, 3.05) is 12.3 Å². The summed E-state index contributed by atoms with van der Waals surface area (Å²) in [6, 6.07) is 6.14. The molecule has 1 aliphatic heterocycles. The number of fused-ring (bicyclic) bond motifs is 2. The highest BCUT2D eigenvalue weighted by Gasteiger charge is 2.34. The summed E-state index contributed by atoms with van der Waals surface area (Å²) in [6.07, 6.45) is 6.21. The Morgan fingerprint density at radius 3 is 2.81 bits per heavy atom. The third-order valence-electron chi connectivity index (χ3n) is 6.40. The largest absolute Gasteiger partial charge is 0.381 e. The highest BCUT2D eigenvalue weighted by atomic mass is 16.2. The van der Waals surface area contributed by atoms with E-state index in [1.54, 1.807) is 10.7 Å². The molecule has 0 unspecified atom stereocenters. The van der Waals surface area contributed by atoms with E-state index in [0.717, 1.165) is 47.3 Å². The summed E-state index contributed by atoms with van der Waals surface area (Å²) in [4.78, 5) is 32.2. The van der Waals surface area contributed by atoms with E-state index in [1.807, 2.05) is 24.0 Å². The molecule has 2 saturated carbocycles. The number of carbonyl (C=O) groups excluding carboxylic acids is 2. The predicted octanol–water partition coefficient (Wildman–Crippen LogP) is 2.54. The number of aromatic nitrogens is 3. The van der Waals surface area contributed by atoms with Crippen LogP contribution in [-0.4, -0.2) is 43.9 Å². The Bertz CT molecular complexity index is 1250. The van der Waals surface area contributed by atoms with Crippen LogP contribution in [0.5, 0.6) is 0 Å². The van der Waals surface area contributed by atoms with Gasteiger partial charge in [-0.25, -0.2) is 9.50 Å². The van der Waals surface area contributed by atoms with E-state index in [2.05, 4.69) is 16.5 Å². The molecule has 3 heterocycles. The number of hydrogen-bond acceptors (Lipinski definition) is 5. The van der Waals surface area contributed by atoms with Crippen LogP contribution in [0.2, 0.25) is 0 Å². The zero-order chi connectivity index (χ0) is 21.3. The molecule has 3 aromatic rings. The smallest absolute Gasteiger partial charge is 0.259 e. The van der Waals surface area contributed by atoms with E-state index in [0.29, 0.717) is 23.7 Å². The Morgan fingerprint density at radius 2 is 2.06 bits per heavy atom. The van der Waals surface area contributed by atoms with Crippen molar-refractivity contribution in [3.8, 4) is 11.3 Å². The van der Waals surface area contributed by atoms with Crippen LogP contribution in [0.3, 0.4) is 0 Å². The second-order valence-corrected chi connectivity index (χ2v) is 9.05. The molecule has 6 rings (SSSR count). The number of rotatable bonds is 5. The van der Waals surface area contributed by atoms with E-state index in [9.17, 15) is 9.59 Å². The predicted molar refractivity (Wildman–Crippen MR) is 116 cm³/mol. The summed E-state index contributed by atoms with van der Waals surface area (Å²) in [5.41, 5.74) is 11.3. The molecule has 8 heteroatoms. The molecule has 0 bridgehead atoms. The zero-order valence-electron chi connectivity index (χ0n) is 17.4. The number of hydrogen-bond donors (Lipinski definition) is 2. The van der Waals surface area contributed by atoms with Gasteiger partial charge in [-0.1, -0.05) is 0 Å². The molecule has 2 fully saturated rings. The van der Waals surface area contributed by atoms with Crippen LogP contribution in [0.25, 0.3) is 16.9 Å². The van der Waals surface area contributed by atoms with Gasteiger partial charge in [0, 0.05) is 36.5 Å². The van der Waals surface area contributed by atoms with Crippen LogP contribution in [0.4, 0.5) is 5.82 Å². The Hall–Kier alpha value is -3.42. The molecule has 158 valence electrons. The number of benzene rings is 1. The average molecular weight is 416 g/mol. The number of nitrogens with one attached hydrogen (secondary N) is 1. The monoisotopic (exact) mass is 416 g/mol. The minimum atomic E-state index is -0.230. The maximum absolute atomic E-state index is 12.9. The van der Waals surface area contributed by atoms with E-state index < -0.39 is 0 Å². The van der Waals surface area contributed by atoms with Gasteiger partial charge in [-0.15, -0.1) is 5.10 Å². The summed E-state index contributed by atoms with van der Waals surface area (Å²) in [5, 5.41) is 7.21. The average Bonchev–Trinajstić information content (AvgIpc) is 3.65. The highest BCUT2D eigenvalue weighted by molar-refractivity contribution is 6.04.